The first-order chi connectivity index (χ1) is 20.9. The Morgan fingerprint density at radius 3 is 2.61 bits per heavy atom. The fraction of sp³-hybridized carbons (Fsp3) is 0.484. The molecule has 1 aliphatic carbocycles. The number of carboxylic acids is 1. The van der Waals surface area contributed by atoms with Gasteiger partial charge in [0.15, 0.2) is 0 Å². The van der Waals surface area contributed by atoms with Crippen LogP contribution in [0.4, 0.5) is 5.00 Å². The number of hydrogen-bond acceptors (Lipinski definition) is 10. The van der Waals surface area contributed by atoms with Crippen LogP contribution < -0.4 is 9.64 Å². The zero-order valence-corrected chi connectivity index (χ0v) is 26.0. The number of nitrogens with zero attached hydrogens (tertiary/aromatic N) is 4. The number of aliphatic hydroxyl groups is 1. The summed E-state index contributed by atoms with van der Waals surface area (Å²) >= 11 is 1.25. The minimum absolute atomic E-state index is 0.0573. The normalized spacial score (nSPS) is 23.7. The summed E-state index contributed by atoms with van der Waals surface area (Å²) in [6, 6.07) is 7.58. The fourth-order valence-electron chi connectivity index (χ4n) is 6.78. The molecular formula is C31H36N4O8S. The quantitative estimate of drug-likeness (QED) is 0.360. The zero-order valence-electron chi connectivity index (χ0n) is 25.2. The molecule has 3 aromatic rings. The molecule has 6 rings (SSSR count). The number of carbonyl (C=O) groups is 3. The number of piperidine rings is 1. The Morgan fingerprint density at radius 1 is 1.25 bits per heavy atom. The number of aliphatic hydroxyl groups excluding tert-OH is 1. The molecule has 234 valence electrons. The lowest BCUT2D eigenvalue weighted by Crippen LogP contribution is -2.65. The highest BCUT2D eigenvalue weighted by atomic mass is 32.1. The van der Waals surface area contributed by atoms with Gasteiger partial charge in [-0.15, -0.1) is 11.3 Å². The standard InChI is InChI=1S/C31H36N4O8S/c1-16-24-27(37)35(31(3,4)29(38)39)30(40)34(28(24)44-25(16)26-32-10-11-42-26)15-23(20-8-6-7-9-21(20)41-5)43-22-13-19-12-18(22)14-33(19)17(2)36/h6-11,18-19,22-23,30,40H,12-15H2,1-5H3,(H,38,39). The van der Waals surface area contributed by atoms with E-state index < -0.39 is 29.9 Å². The van der Waals surface area contributed by atoms with Crippen LogP contribution in [0, 0.1) is 12.8 Å². The first-order valence-corrected chi connectivity index (χ1v) is 15.4. The molecule has 4 heterocycles. The van der Waals surface area contributed by atoms with Crippen molar-refractivity contribution in [3.05, 3.63) is 53.4 Å². The molecule has 12 nitrogen and oxygen atoms in total. The zero-order chi connectivity index (χ0) is 31.5. The number of thiophene rings is 1. The monoisotopic (exact) mass is 624 g/mol. The van der Waals surface area contributed by atoms with Crippen LogP contribution in [0.3, 0.4) is 0 Å². The summed E-state index contributed by atoms with van der Waals surface area (Å²) in [4.78, 5) is 47.9. The van der Waals surface area contributed by atoms with E-state index >= 15 is 0 Å². The van der Waals surface area contributed by atoms with Gasteiger partial charge in [-0.2, -0.15) is 0 Å². The summed E-state index contributed by atoms with van der Waals surface area (Å²) in [7, 11) is 1.58. The molecule has 2 amide bonds. The third-order valence-electron chi connectivity index (χ3n) is 9.15. The lowest BCUT2D eigenvalue weighted by Gasteiger charge is -2.47. The number of methoxy groups -OCH3 is 1. The van der Waals surface area contributed by atoms with Crippen molar-refractivity contribution in [3.8, 4) is 16.5 Å². The van der Waals surface area contributed by atoms with E-state index in [2.05, 4.69) is 4.98 Å². The van der Waals surface area contributed by atoms with Gasteiger partial charge in [-0.05, 0) is 45.2 Å². The van der Waals surface area contributed by atoms with Gasteiger partial charge in [-0.25, -0.2) is 9.78 Å². The first kappa shape index (κ1) is 30.1. The molecule has 1 saturated heterocycles. The van der Waals surface area contributed by atoms with Gasteiger partial charge in [0, 0.05) is 31.0 Å². The third kappa shape index (κ3) is 4.83. The molecule has 1 aromatic carbocycles. The van der Waals surface area contributed by atoms with E-state index in [1.165, 1.54) is 37.6 Å². The van der Waals surface area contributed by atoms with Crippen LogP contribution in [0.2, 0.25) is 0 Å². The number of carbonyl (C=O) groups excluding carboxylic acids is 2. The largest absolute Gasteiger partial charge is 0.496 e. The number of anilines is 1. The van der Waals surface area contributed by atoms with E-state index in [4.69, 9.17) is 13.9 Å². The number of aliphatic carboxylic acids is 1. The van der Waals surface area contributed by atoms with Crippen molar-refractivity contribution in [2.24, 2.45) is 5.92 Å². The Morgan fingerprint density at radius 2 is 2.00 bits per heavy atom. The molecule has 44 heavy (non-hydrogen) atoms. The summed E-state index contributed by atoms with van der Waals surface area (Å²) in [5, 5.41) is 22.4. The van der Waals surface area contributed by atoms with Crippen molar-refractivity contribution < 1.29 is 38.5 Å². The maximum Gasteiger partial charge on any atom is 0.329 e. The van der Waals surface area contributed by atoms with Gasteiger partial charge in [0.05, 0.1) is 36.4 Å². The van der Waals surface area contributed by atoms with Gasteiger partial charge < -0.3 is 33.9 Å². The number of hydrogen-bond donors (Lipinski definition) is 2. The number of amides is 2. The summed E-state index contributed by atoms with van der Waals surface area (Å²) in [6.07, 6.45) is 2.09. The smallest absolute Gasteiger partial charge is 0.329 e. The highest BCUT2D eigenvalue weighted by Gasteiger charge is 2.51. The minimum Gasteiger partial charge on any atom is -0.496 e. The topological polar surface area (TPSA) is 146 Å². The number of likely N-dealkylation sites (tertiary alicyclic amines) is 1. The molecule has 2 aliphatic heterocycles. The molecule has 3 aliphatic rings. The predicted octanol–water partition coefficient (Wildman–Crippen LogP) is 3.89. The number of aromatic nitrogens is 1. The van der Waals surface area contributed by atoms with Crippen LogP contribution in [0.15, 0.2) is 41.1 Å². The van der Waals surface area contributed by atoms with Crippen molar-refractivity contribution in [2.75, 3.05) is 25.1 Å². The van der Waals surface area contributed by atoms with Crippen LogP contribution >= 0.6 is 11.3 Å². The molecule has 0 spiro atoms. The van der Waals surface area contributed by atoms with Crippen LogP contribution in [-0.4, -0.2) is 87.0 Å². The Kier molecular flexibility index (Phi) is 7.67. The van der Waals surface area contributed by atoms with Crippen molar-refractivity contribution in [2.45, 2.75) is 70.7 Å². The van der Waals surface area contributed by atoms with Crippen LogP contribution in [0.25, 0.3) is 10.8 Å². The average Bonchev–Trinajstić information content (AvgIpc) is 3.79. The van der Waals surface area contributed by atoms with E-state index in [0.29, 0.717) is 40.0 Å². The second-order valence-electron chi connectivity index (χ2n) is 12.1. The highest BCUT2D eigenvalue weighted by molar-refractivity contribution is 7.20. The second kappa shape index (κ2) is 11.2. The lowest BCUT2D eigenvalue weighted by molar-refractivity contribution is -0.154. The Hall–Kier alpha value is -3.94. The SMILES string of the molecule is COc1ccccc1C(CN1c2sc(-c3ncco3)c(C)c2C(=O)N(C(C)(C)C(=O)O)C1O)OC1CC2CC1CN2C(C)=O. The average molecular weight is 625 g/mol. The van der Waals surface area contributed by atoms with E-state index in [-0.39, 0.29) is 36.1 Å². The second-order valence-corrected chi connectivity index (χ2v) is 13.1. The van der Waals surface area contributed by atoms with Gasteiger partial charge in [0.1, 0.15) is 28.7 Å². The van der Waals surface area contributed by atoms with Gasteiger partial charge in [-0.1, -0.05) is 18.2 Å². The van der Waals surface area contributed by atoms with Gasteiger partial charge >= 0.3 is 5.97 Å². The highest BCUT2D eigenvalue weighted by Crippen LogP contribution is 2.48. The molecule has 2 N–H and O–H groups in total. The van der Waals surface area contributed by atoms with Crippen LogP contribution in [0.1, 0.15) is 61.2 Å². The number of rotatable bonds is 9. The molecule has 2 aromatic heterocycles. The number of oxazole rings is 1. The molecular weight excluding hydrogens is 588 g/mol. The van der Waals surface area contributed by atoms with Gasteiger partial charge in [0.2, 0.25) is 18.1 Å². The van der Waals surface area contributed by atoms with Crippen LogP contribution in [-0.2, 0) is 14.3 Å². The third-order valence-corrected chi connectivity index (χ3v) is 10.5. The summed E-state index contributed by atoms with van der Waals surface area (Å²) in [5.41, 5.74) is -0.144. The van der Waals surface area contributed by atoms with Crippen LogP contribution in [0.5, 0.6) is 5.75 Å². The number of ether oxygens (including phenoxy) is 2. The molecule has 2 fully saturated rings. The van der Waals surface area contributed by atoms with Gasteiger partial charge in [-0.3, -0.25) is 14.5 Å². The van der Waals surface area contributed by atoms with E-state index in [9.17, 15) is 24.6 Å². The molecule has 0 radical (unpaired) electrons. The first-order valence-electron chi connectivity index (χ1n) is 14.5. The number of benzene rings is 1. The maximum absolute atomic E-state index is 14.0. The Balaban J connectivity index is 1.43. The van der Waals surface area contributed by atoms with Crippen molar-refractivity contribution in [1.82, 2.24) is 14.8 Å². The lowest BCUT2D eigenvalue weighted by atomic mass is 9.98. The Labute approximate surface area is 258 Å². The molecule has 1 saturated carbocycles. The van der Waals surface area contributed by atoms with E-state index in [1.807, 2.05) is 29.2 Å². The number of para-hydroxylation sites is 1. The molecule has 2 bridgehead atoms. The van der Waals surface area contributed by atoms with E-state index in [0.717, 1.165) is 16.9 Å². The van der Waals surface area contributed by atoms with Crippen molar-refractivity contribution in [1.29, 1.82) is 0 Å². The Bertz CT molecular complexity index is 1590. The summed E-state index contributed by atoms with van der Waals surface area (Å²) < 4.78 is 18.1. The van der Waals surface area contributed by atoms with Gasteiger partial charge in [0.25, 0.3) is 5.91 Å². The van der Waals surface area contributed by atoms with Crippen molar-refractivity contribution in [3.63, 3.8) is 0 Å². The number of carboxylic acid groups (broad SMARTS) is 1. The minimum atomic E-state index is -1.74. The fourth-order valence-corrected chi connectivity index (χ4v) is 8.04. The molecule has 13 heteroatoms. The van der Waals surface area contributed by atoms with Crippen molar-refractivity contribution >= 4 is 34.1 Å². The van der Waals surface area contributed by atoms with E-state index in [1.54, 1.807) is 25.9 Å². The summed E-state index contributed by atoms with van der Waals surface area (Å²) in [6.45, 7) is 6.83. The predicted molar refractivity (Wildman–Crippen MR) is 160 cm³/mol. The summed E-state index contributed by atoms with van der Waals surface area (Å²) in [5.74, 6) is -0.727. The maximum atomic E-state index is 14.0. The molecule has 5 atom stereocenters. The molecule has 5 unspecified atom stereocenters. The number of fused-ring (bicyclic) bond motifs is 3.